The molecular weight excluding hydrogens is 368 g/mol. The normalized spacial score (nSPS) is 21.1. The first-order valence-corrected chi connectivity index (χ1v) is 10.1. The lowest BCUT2D eigenvalue weighted by Crippen LogP contribution is -2.51. The number of urea groups is 2. The van der Waals surface area contributed by atoms with Gasteiger partial charge in [0.25, 0.3) is 0 Å². The highest BCUT2D eigenvalue weighted by atomic mass is 16.2. The average molecular weight is 392 g/mol. The quantitative estimate of drug-likeness (QED) is 0.841. The van der Waals surface area contributed by atoms with Crippen LogP contribution in [0.25, 0.3) is 0 Å². The molecule has 3 aliphatic rings. The van der Waals surface area contributed by atoms with Gasteiger partial charge in [0.1, 0.15) is 0 Å². The van der Waals surface area contributed by atoms with E-state index in [0.717, 1.165) is 42.3 Å². The maximum absolute atomic E-state index is 13.2. The van der Waals surface area contributed by atoms with Crippen LogP contribution in [0, 0.1) is 0 Å². The van der Waals surface area contributed by atoms with E-state index in [2.05, 4.69) is 20.5 Å². The van der Waals surface area contributed by atoms with Crippen molar-refractivity contribution >= 4 is 29.3 Å². The lowest BCUT2D eigenvalue weighted by Gasteiger charge is -2.36. The van der Waals surface area contributed by atoms with Crippen molar-refractivity contribution < 1.29 is 9.59 Å². The summed E-state index contributed by atoms with van der Waals surface area (Å²) in [6.07, 6.45) is 2.68. The highest BCUT2D eigenvalue weighted by molar-refractivity contribution is 5.97. The first kappa shape index (κ1) is 17.8. The van der Waals surface area contributed by atoms with Gasteiger partial charge in [-0.25, -0.2) is 14.6 Å². The highest BCUT2D eigenvalue weighted by Gasteiger charge is 2.40. The van der Waals surface area contributed by atoms with Crippen LogP contribution in [0.1, 0.15) is 24.9 Å². The molecule has 8 heteroatoms. The summed E-state index contributed by atoms with van der Waals surface area (Å²) in [6, 6.07) is 11.5. The maximum atomic E-state index is 13.2. The fourth-order valence-electron chi connectivity index (χ4n) is 4.45. The fourth-order valence-corrected chi connectivity index (χ4v) is 4.45. The first-order valence-electron chi connectivity index (χ1n) is 10.1. The minimum atomic E-state index is -0.195. The van der Waals surface area contributed by atoms with Crippen LogP contribution in [0.4, 0.5) is 26.8 Å². The van der Waals surface area contributed by atoms with Gasteiger partial charge in [-0.2, -0.15) is 0 Å². The molecule has 2 bridgehead atoms. The fraction of sp³-hybridized carbons (Fsp3) is 0.381. The topological polar surface area (TPSA) is 80.8 Å². The number of hydrogen-bond acceptors (Lipinski definition) is 4. The Morgan fingerprint density at radius 2 is 2.17 bits per heavy atom. The molecule has 5 rings (SSSR count). The molecular formula is C21H24N6O2. The number of benzene rings is 1. The lowest BCUT2D eigenvalue weighted by molar-refractivity contribution is 0.241. The summed E-state index contributed by atoms with van der Waals surface area (Å²) in [6.45, 7) is 5.06. The van der Waals surface area contributed by atoms with Crippen LogP contribution >= 0.6 is 0 Å². The molecule has 4 amide bonds. The van der Waals surface area contributed by atoms with Crippen molar-refractivity contribution in [3.05, 3.63) is 48.2 Å². The molecule has 0 saturated carbocycles. The molecule has 2 atom stereocenters. The van der Waals surface area contributed by atoms with E-state index in [9.17, 15) is 9.59 Å². The van der Waals surface area contributed by atoms with Crippen molar-refractivity contribution in [1.29, 1.82) is 0 Å². The van der Waals surface area contributed by atoms with E-state index < -0.39 is 0 Å². The number of carbonyl (C=O) groups excluding carboxylic acids is 2. The van der Waals surface area contributed by atoms with E-state index in [1.165, 1.54) is 0 Å². The Labute approximate surface area is 169 Å². The number of nitrogens with zero attached hydrogens (tertiary/aromatic N) is 4. The van der Waals surface area contributed by atoms with Crippen molar-refractivity contribution in [3.8, 4) is 0 Å². The second-order valence-corrected chi connectivity index (χ2v) is 7.75. The van der Waals surface area contributed by atoms with Crippen molar-refractivity contribution in [2.24, 2.45) is 0 Å². The largest absolute Gasteiger partial charge is 0.366 e. The average Bonchev–Trinajstić information content (AvgIpc) is 3.35. The summed E-state index contributed by atoms with van der Waals surface area (Å²) >= 11 is 0. The molecule has 2 saturated heterocycles. The molecule has 0 spiro atoms. The predicted molar refractivity (Wildman–Crippen MR) is 111 cm³/mol. The summed E-state index contributed by atoms with van der Waals surface area (Å²) in [4.78, 5) is 35.5. The van der Waals surface area contributed by atoms with Gasteiger partial charge in [0.05, 0.1) is 17.8 Å². The van der Waals surface area contributed by atoms with Gasteiger partial charge in [-0.15, -0.1) is 0 Å². The summed E-state index contributed by atoms with van der Waals surface area (Å²) in [7, 11) is 0. The van der Waals surface area contributed by atoms with E-state index in [4.69, 9.17) is 0 Å². The van der Waals surface area contributed by atoms with E-state index in [0.29, 0.717) is 13.1 Å². The van der Waals surface area contributed by atoms with E-state index in [1.54, 1.807) is 11.1 Å². The van der Waals surface area contributed by atoms with Gasteiger partial charge >= 0.3 is 12.1 Å². The van der Waals surface area contributed by atoms with Crippen LogP contribution < -0.4 is 25.3 Å². The molecule has 2 fully saturated rings. The minimum absolute atomic E-state index is 0.0828. The number of anilines is 3. The maximum Gasteiger partial charge on any atom is 0.323 e. The third-order valence-corrected chi connectivity index (χ3v) is 5.96. The second-order valence-electron chi connectivity index (χ2n) is 7.75. The third-order valence-electron chi connectivity index (χ3n) is 5.96. The number of rotatable bonds is 3. The van der Waals surface area contributed by atoms with Crippen LogP contribution in [0.2, 0.25) is 0 Å². The Kier molecular flexibility index (Phi) is 4.26. The molecule has 8 nitrogen and oxygen atoms in total. The van der Waals surface area contributed by atoms with E-state index in [-0.39, 0.29) is 24.1 Å². The Hall–Kier alpha value is -3.29. The smallest absolute Gasteiger partial charge is 0.323 e. The van der Waals surface area contributed by atoms with E-state index >= 15 is 0 Å². The number of pyridine rings is 1. The molecule has 0 radical (unpaired) electrons. The number of carbonyl (C=O) groups is 2. The Bertz CT molecular complexity index is 964. The molecule has 1 aromatic carbocycles. The van der Waals surface area contributed by atoms with Gasteiger partial charge in [0.2, 0.25) is 0 Å². The standard InChI is InChI=1S/C21H24N6O2/c1-14(15-4-2-5-16(12-15)26-11-9-23-20(26)28)24-21(29)27-17-7-10-25(13-17)18-6-3-8-22-19(18)27/h2-6,8,12,14,17H,7,9-11,13H2,1H3,(H,23,28)(H,24,29). The molecule has 1 aromatic heterocycles. The summed E-state index contributed by atoms with van der Waals surface area (Å²) in [5.74, 6) is 0.730. The zero-order valence-corrected chi connectivity index (χ0v) is 16.3. The molecule has 29 heavy (non-hydrogen) atoms. The molecule has 150 valence electrons. The van der Waals surface area contributed by atoms with Gasteiger partial charge in [-0.1, -0.05) is 12.1 Å². The Morgan fingerprint density at radius 3 is 3.00 bits per heavy atom. The van der Waals surface area contributed by atoms with Crippen LogP contribution in [0.15, 0.2) is 42.6 Å². The van der Waals surface area contributed by atoms with Gasteiger partial charge in [-0.3, -0.25) is 9.80 Å². The highest BCUT2D eigenvalue weighted by Crippen LogP contribution is 2.38. The molecule has 0 aliphatic carbocycles. The Morgan fingerprint density at radius 1 is 1.28 bits per heavy atom. The first-order chi connectivity index (χ1) is 14.1. The van der Waals surface area contributed by atoms with Gasteiger partial charge < -0.3 is 15.5 Å². The third kappa shape index (κ3) is 3.04. The minimum Gasteiger partial charge on any atom is -0.366 e. The van der Waals surface area contributed by atoms with Crippen LogP contribution in [-0.4, -0.2) is 49.3 Å². The lowest BCUT2D eigenvalue weighted by atomic mass is 10.1. The van der Waals surface area contributed by atoms with Crippen molar-refractivity contribution in [2.45, 2.75) is 25.4 Å². The number of hydrogen-bond donors (Lipinski definition) is 2. The number of amides is 4. The number of aromatic nitrogens is 1. The number of nitrogens with one attached hydrogen (secondary N) is 2. The SMILES string of the molecule is CC(NC(=O)N1c2ncccc2N2CCC1C2)c1cccc(N2CCNC2=O)c1. The predicted octanol–water partition coefficient (Wildman–Crippen LogP) is 2.48. The molecule has 2 aromatic rings. The number of fused-ring (bicyclic) bond motifs is 4. The van der Waals surface area contributed by atoms with Crippen molar-refractivity contribution in [1.82, 2.24) is 15.6 Å². The van der Waals surface area contributed by atoms with Crippen molar-refractivity contribution in [3.63, 3.8) is 0 Å². The zero-order chi connectivity index (χ0) is 20.0. The summed E-state index contributed by atoms with van der Waals surface area (Å²) < 4.78 is 0. The van der Waals surface area contributed by atoms with Gasteiger partial charge in [0.15, 0.2) is 5.82 Å². The molecule has 4 heterocycles. The summed E-state index contributed by atoms with van der Waals surface area (Å²) in [5.41, 5.74) is 2.82. The van der Waals surface area contributed by atoms with Crippen LogP contribution in [0.5, 0.6) is 0 Å². The Balaban J connectivity index is 1.36. The monoisotopic (exact) mass is 392 g/mol. The molecule has 2 unspecified atom stereocenters. The second kappa shape index (κ2) is 6.95. The summed E-state index contributed by atoms with van der Waals surface area (Å²) in [5, 5.41) is 5.94. The van der Waals surface area contributed by atoms with Crippen molar-refractivity contribution in [2.75, 3.05) is 40.9 Å². The molecule has 2 N–H and O–H groups in total. The van der Waals surface area contributed by atoms with E-state index in [1.807, 2.05) is 48.2 Å². The van der Waals surface area contributed by atoms with Gasteiger partial charge in [0, 0.05) is 38.1 Å². The molecule has 3 aliphatic heterocycles. The zero-order valence-electron chi connectivity index (χ0n) is 16.3. The van der Waals surface area contributed by atoms with Crippen LogP contribution in [-0.2, 0) is 0 Å². The van der Waals surface area contributed by atoms with Crippen LogP contribution in [0.3, 0.4) is 0 Å². The van der Waals surface area contributed by atoms with Gasteiger partial charge in [-0.05, 0) is 43.2 Å².